The molecule has 0 bridgehead atoms. The van der Waals surface area contributed by atoms with Crippen molar-refractivity contribution >= 4 is 17.3 Å². The lowest BCUT2D eigenvalue weighted by molar-refractivity contribution is -0.147. The minimum Gasteiger partial charge on any atom is -0.480 e. The number of fused-ring (bicyclic) bond motifs is 1. The van der Waals surface area contributed by atoms with Gasteiger partial charge in [-0.3, -0.25) is 9.69 Å². The fourth-order valence-corrected chi connectivity index (χ4v) is 4.23. The molecule has 3 rings (SSSR count). The van der Waals surface area contributed by atoms with E-state index in [1.165, 1.54) is 4.88 Å². The number of carboxylic acids is 1. The zero-order chi connectivity index (χ0) is 13.4. The predicted octanol–water partition coefficient (Wildman–Crippen LogP) is 2.16. The van der Waals surface area contributed by atoms with Crippen LogP contribution >= 0.6 is 11.3 Å². The molecule has 104 valence electrons. The Morgan fingerprint density at radius 3 is 3.16 bits per heavy atom. The van der Waals surface area contributed by atoms with Crippen LogP contribution < -0.4 is 0 Å². The third-order valence-corrected chi connectivity index (χ3v) is 5.26. The summed E-state index contributed by atoms with van der Waals surface area (Å²) in [5, 5.41) is 11.6. The largest absolute Gasteiger partial charge is 0.480 e. The Morgan fingerprint density at radius 2 is 2.42 bits per heavy atom. The summed E-state index contributed by atoms with van der Waals surface area (Å²) in [4.78, 5) is 15.1. The van der Waals surface area contributed by atoms with Gasteiger partial charge >= 0.3 is 5.97 Å². The van der Waals surface area contributed by atoms with Gasteiger partial charge in [-0.2, -0.15) is 0 Å². The lowest BCUT2D eigenvalue weighted by Crippen LogP contribution is -2.50. The number of aliphatic carboxylic acids is 1. The molecule has 5 heteroatoms. The SMILES string of the molecule is CC1COCCC1N1CCc2sccc2C1C(=O)O. The Balaban J connectivity index is 1.91. The predicted molar refractivity (Wildman–Crippen MR) is 73.5 cm³/mol. The second-order valence-electron chi connectivity index (χ2n) is 5.44. The quantitative estimate of drug-likeness (QED) is 0.902. The molecule has 0 radical (unpaired) electrons. The van der Waals surface area contributed by atoms with Crippen LogP contribution in [0.4, 0.5) is 0 Å². The molecule has 0 aromatic carbocycles. The van der Waals surface area contributed by atoms with Gasteiger partial charge in [0.25, 0.3) is 0 Å². The first-order chi connectivity index (χ1) is 9.18. The molecule has 3 unspecified atom stereocenters. The molecule has 19 heavy (non-hydrogen) atoms. The van der Waals surface area contributed by atoms with E-state index in [2.05, 4.69) is 11.8 Å². The van der Waals surface area contributed by atoms with E-state index >= 15 is 0 Å². The molecule has 0 spiro atoms. The van der Waals surface area contributed by atoms with Gasteiger partial charge in [0, 0.05) is 24.1 Å². The van der Waals surface area contributed by atoms with Crippen LogP contribution in [0.25, 0.3) is 0 Å². The second kappa shape index (κ2) is 5.23. The minimum atomic E-state index is -0.724. The number of nitrogens with zero attached hydrogens (tertiary/aromatic N) is 1. The summed E-state index contributed by atoms with van der Waals surface area (Å²) in [6.45, 7) is 4.49. The van der Waals surface area contributed by atoms with Crippen LogP contribution in [0.5, 0.6) is 0 Å². The van der Waals surface area contributed by atoms with E-state index in [1.807, 2.05) is 11.4 Å². The lowest BCUT2D eigenvalue weighted by Gasteiger charge is -2.43. The summed E-state index contributed by atoms with van der Waals surface area (Å²) in [6.07, 6.45) is 1.91. The molecule has 0 aliphatic carbocycles. The van der Waals surface area contributed by atoms with Crippen LogP contribution in [-0.2, 0) is 16.0 Å². The van der Waals surface area contributed by atoms with Gasteiger partial charge < -0.3 is 9.84 Å². The Morgan fingerprint density at radius 1 is 1.58 bits per heavy atom. The molecule has 2 aliphatic heterocycles. The average molecular weight is 281 g/mol. The first kappa shape index (κ1) is 13.1. The summed E-state index contributed by atoms with van der Waals surface area (Å²) >= 11 is 1.68. The Bertz CT molecular complexity index is 473. The highest BCUT2D eigenvalue weighted by Crippen LogP contribution is 2.37. The van der Waals surface area contributed by atoms with Crippen LogP contribution in [0.2, 0.25) is 0 Å². The number of hydrogen-bond acceptors (Lipinski definition) is 4. The van der Waals surface area contributed by atoms with E-state index in [1.54, 1.807) is 11.3 Å². The number of carbonyl (C=O) groups is 1. The van der Waals surface area contributed by atoms with Crippen molar-refractivity contribution in [2.45, 2.75) is 31.8 Å². The summed E-state index contributed by atoms with van der Waals surface area (Å²) in [7, 11) is 0. The summed E-state index contributed by atoms with van der Waals surface area (Å²) in [5.74, 6) is -0.325. The standard InChI is InChI=1S/C14H19NO3S/c1-9-8-18-6-3-11(9)15-5-2-12-10(4-7-19-12)13(15)14(16)17/h4,7,9,11,13H,2-3,5-6,8H2,1H3,(H,16,17). The van der Waals surface area contributed by atoms with Crippen molar-refractivity contribution in [3.05, 3.63) is 21.9 Å². The molecular weight excluding hydrogens is 262 g/mol. The maximum absolute atomic E-state index is 11.7. The van der Waals surface area contributed by atoms with E-state index in [-0.39, 0.29) is 0 Å². The number of ether oxygens (including phenoxy) is 1. The van der Waals surface area contributed by atoms with Crippen molar-refractivity contribution in [1.82, 2.24) is 4.90 Å². The molecule has 1 saturated heterocycles. The zero-order valence-electron chi connectivity index (χ0n) is 11.0. The van der Waals surface area contributed by atoms with Crippen molar-refractivity contribution in [2.24, 2.45) is 5.92 Å². The van der Waals surface area contributed by atoms with Crippen molar-refractivity contribution in [2.75, 3.05) is 19.8 Å². The van der Waals surface area contributed by atoms with Crippen LogP contribution in [0, 0.1) is 5.92 Å². The van der Waals surface area contributed by atoms with E-state index in [4.69, 9.17) is 4.74 Å². The van der Waals surface area contributed by atoms with Crippen LogP contribution in [0.3, 0.4) is 0 Å². The van der Waals surface area contributed by atoms with E-state index in [0.717, 1.165) is 38.2 Å². The Labute approximate surface area is 117 Å². The van der Waals surface area contributed by atoms with Crippen molar-refractivity contribution in [3.8, 4) is 0 Å². The molecule has 1 aromatic rings. The van der Waals surface area contributed by atoms with Gasteiger partial charge in [0.15, 0.2) is 0 Å². The van der Waals surface area contributed by atoms with Crippen LogP contribution in [0.1, 0.15) is 29.8 Å². The molecule has 2 aliphatic rings. The Kier molecular flexibility index (Phi) is 3.60. The highest BCUT2D eigenvalue weighted by Gasteiger charge is 2.40. The number of hydrogen-bond donors (Lipinski definition) is 1. The van der Waals surface area contributed by atoms with Gasteiger partial charge in [-0.05, 0) is 35.8 Å². The molecule has 4 nitrogen and oxygen atoms in total. The van der Waals surface area contributed by atoms with Gasteiger partial charge in [0.2, 0.25) is 0 Å². The van der Waals surface area contributed by atoms with Crippen molar-refractivity contribution in [1.29, 1.82) is 0 Å². The normalized spacial score (nSPS) is 31.9. The maximum Gasteiger partial charge on any atom is 0.325 e. The highest BCUT2D eigenvalue weighted by atomic mass is 32.1. The minimum absolute atomic E-state index is 0.322. The van der Waals surface area contributed by atoms with Crippen LogP contribution in [0.15, 0.2) is 11.4 Å². The molecule has 1 N–H and O–H groups in total. The van der Waals surface area contributed by atoms with Crippen molar-refractivity contribution < 1.29 is 14.6 Å². The van der Waals surface area contributed by atoms with Crippen molar-refractivity contribution in [3.63, 3.8) is 0 Å². The lowest BCUT2D eigenvalue weighted by atomic mass is 9.90. The van der Waals surface area contributed by atoms with E-state index < -0.39 is 12.0 Å². The zero-order valence-corrected chi connectivity index (χ0v) is 11.9. The molecule has 1 aromatic heterocycles. The first-order valence-electron chi connectivity index (χ1n) is 6.81. The van der Waals surface area contributed by atoms with Gasteiger partial charge in [-0.25, -0.2) is 0 Å². The smallest absolute Gasteiger partial charge is 0.325 e. The summed E-state index contributed by atoms with van der Waals surface area (Å²) in [5.41, 5.74) is 1.00. The van der Waals surface area contributed by atoms with Gasteiger partial charge in [0.05, 0.1) is 6.61 Å². The molecular formula is C14H19NO3S. The second-order valence-corrected chi connectivity index (χ2v) is 6.44. The third-order valence-electron chi connectivity index (χ3n) is 4.26. The third kappa shape index (κ3) is 2.30. The molecule has 3 atom stereocenters. The Hall–Kier alpha value is -0.910. The fraction of sp³-hybridized carbons (Fsp3) is 0.643. The highest BCUT2D eigenvalue weighted by molar-refractivity contribution is 7.10. The molecule has 0 saturated carbocycles. The average Bonchev–Trinajstić information content (AvgIpc) is 2.86. The number of rotatable bonds is 2. The fourth-order valence-electron chi connectivity index (χ4n) is 3.33. The number of thiophene rings is 1. The molecule has 0 amide bonds. The van der Waals surface area contributed by atoms with Gasteiger partial charge in [-0.15, -0.1) is 11.3 Å². The molecule has 3 heterocycles. The van der Waals surface area contributed by atoms with Gasteiger partial charge in [-0.1, -0.05) is 6.92 Å². The van der Waals surface area contributed by atoms with E-state index in [9.17, 15) is 9.90 Å². The van der Waals surface area contributed by atoms with Crippen LogP contribution in [-0.4, -0.2) is 41.8 Å². The van der Waals surface area contributed by atoms with Gasteiger partial charge in [0.1, 0.15) is 6.04 Å². The molecule has 1 fully saturated rings. The topological polar surface area (TPSA) is 49.8 Å². The maximum atomic E-state index is 11.7. The summed E-state index contributed by atoms with van der Waals surface area (Å²) < 4.78 is 5.48. The summed E-state index contributed by atoms with van der Waals surface area (Å²) in [6, 6.07) is 1.83. The monoisotopic (exact) mass is 281 g/mol. The van der Waals surface area contributed by atoms with E-state index in [0.29, 0.717) is 12.0 Å². The first-order valence-corrected chi connectivity index (χ1v) is 7.69. The number of carboxylic acid groups (broad SMARTS) is 1.